The smallest absolute Gasteiger partial charge is 0.172 e. The summed E-state index contributed by atoms with van der Waals surface area (Å²) in [4.78, 5) is 8.65. The van der Waals surface area contributed by atoms with Gasteiger partial charge in [0.25, 0.3) is 0 Å². The molecular weight excluding hydrogens is 360 g/mol. The Bertz CT molecular complexity index is 545. The van der Waals surface area contributed by atoms with Crippen molar-refractivity contribution in [1.82, 2.24) is 9.97 Å². The van der Waals surface area contributed by atoms with Crippen LogP contribution in [0.2, 0.25) is 10.2 Å². The summed E-state index contributed by atoms with van der Waals surface area (Å²) >= 11 is 14.2. The van der Waals surface area contributed by atoms with E-state index < -0.39 is 0 Å². The number of hydrogen-bond acceptors (Lipinski definition) is 3. The Morgan fingerprint density at radius 2 is 1.94 bits per heavy atom. The summed E-state index contributed by atoms with van der Waals surface area (Å²) in [5.74, 6) is 0.592. The van der Waals surface area contributed by atoms with E-state index in [1.807, 2.05) is 13.0 Å². The molecule has 0 amide bonds. The first-order valence-corrected chi connectivity index (χ1v) is 6.51. The summed E-state index contributed by atoms with van der Waals surface area (Å²) in [6, 6.07) is 3.66. The van der Waals surface area contributed by atoms with Crippen LogP contribution in [0.3, 0.4) is 0 Å². The second-order valence-electron chi connectivity index (χ2n) is 3.15. The van der Waals surface area contributed by atoms with Crippen molar-refractivity contribution >= 4 is 62.6 Å². The van der Waals surface area contributed by atoms with E-state index in [0.29, 0.717) is 16.0 Å². The molecule has 0 fully saturated rings. The molecule has 84 valence electrons. The fraction of sp³-hybridized carbons (Fsp3) is 0.200. The van der Waals surface area contributed by atoms with Crippen molar-refractivity contribution in [1.29, 1.82) is 0 Å². The van der Waals surface area contributed by atoms with Crippen LogP contribution in [-0.2, 0) is 0 Å². The van der Waals surface area contributed by atoms with Crippen LogP contribution in [0.15, 0.2) is 12.1 Å². The third kappa shape index (κ3) is 2.33. The van der Waals surface area contributed by atoms with Crippen molar-refractivity contribution in [3.63, 3.8) is 0 Å². The van der Waals surface area contributed by atoms with Crippen molar-refractivity contribution in [2.24, 2.45) is 0 Å². The lowest BCUT2D eigenvalue weighted by Gasteiger charge is -2.06. The molecule has 0 spiro atoms. The van der Waals surface area contributed by atoms with Gasteiger partial charge in [0.2, 0.25) is 0 Å². The summed E-state index contributed by atoms with van der Waals surface area (Å²) < 4.78 is 0.938. The van der Waals surface area contributed by atoms with Crippen molar-refractivity contribution in [3.05, 3.63) is 25.9 Å². The topological polar surface area (TPSA) is 37.8 Å². The molecule has 2 aromatic rings. The third-order valence-corrected chi connectivity index (χ3v) is 3.80. The molecule has 0 saturated carbocycles. The summed E-state index contributed by atoms with van der Waals surface area (Å²) in [6.07, 6.45) is 0. The standard InChI is InChI=1S/C10H8Cl2IN3/c1-2-14-10-9(12)15-8-4-6(13)5(11)3-7(8)16-10/h3-4H,2H2,1H3,(H,14,16). The number of fused-ring (bicyclic) bond motifs is 1. The van der Waals surface area contributed by atoms with Crippen molar-refractivity contribution in [2.45, 2.75) is 6.92 Å². The van der Waals surface area contributed by atoms with Crippen LogP contribution in [0.25, 0.3) is 11.0 Å². The fourth-order valence-electron chi connectivity index (χ4n) is 1.31. The molecular formula is C10H8Cl2IN3. The van der Waals surface area contributed by atoms with Gasteiger partial charge in [0.15, 0.2) is 11.0 Å². The van der Waals surface area contributed by atoms with Crippen molar-refractivity contribution in [2.75, 3.05) is 11.9 Å². The zero-order chi connectivity index (χ0) is 11.7. The van der Waals surface area contributed by atoms with E-state index in [-0.39, 0.29) is 0 Å². The van der Waals surface area contributed by atoms with Crippen LogP contribution in [0.4, 0.5) is 5.82 Å². The lowest BCUT2D eigenvalue weighted by atomic mass is 10.3. The first kappa shape index (κ1) is 12.1. The Morgan fingerprint density at radius 1 is 1.25 bits per heavy atom. The van der Waals surface area contributed by atoms with Crippen LogP contribution in [0.5, 0.6) is 0 Å². The predicted octanol–water partition coefficient (Wildman–Crippen LogP) is 3.97. The van der Waals surface area contributed by atoms with Crippen LogP contribution in [-0.4, -0.2) is 16.5 Å². The van der Waals surface area contributed by atoms with Gasteiger partial charge in [-0.1, -0.05) is 23.2 Å². The van der Waals surface area contributed by atoms with Crippen LogP contribution >= 0.6 is 45.8 Å². The number of nitrogens with one attached hydrogen (secondary N) is 1. The lowest BCUT2D eigenvalue weighted by Crippen LogP contribution is -2.01. The summed E-state index contributed by atoms with van der Waals surface area (Å²) in [5, 5.41) is 4.11. The number of halogens is 3. The van der Waals surface area contributed by atoms with Gasteiger partial charge in [-0.15, -0.1) is 0 Å². The summed E-state index contributed by atoms with van der Waals surface area (Å²) in [6.45, 7) is 2.72. The number of benzene rings is 1. The number of anilines is 1. The van der Waals surface area contributed by atoms with Gasteiger partial charge >= 0.3 is 0 Å². The third-order valence-electron chi connectivity index (χ3n) is 2.01. The molecule has 0 radical (unpaired) electrons. The molecule has 0 atom stereocenters. The van der Waals surface area contributed by atoms with Crippen LogP contribution in [0, 0.1) is 3.57 Å². The van der Waals surface area contributed by atoms with Crippen molar-refractivity contribution in [3.8, 4) is 0 Å². The molecule has 2 rings (SSSR count). The summed E-state index contributed by atoms with van der Waals surface area (Å²) in [7, 11) is 0. The SMILES string of the molecule is CCNc1nc2cc(Cl)c(I)cc2nc1Cl. The molecule has 1 aromatic carbocycles. The van der Waals surface area contributed by atoms with E-state index >= 15 is 0 Å². The average molecular weight is 368 g/mol. The van der Waals surface area contributed by atoms with E-state index in [0.717, 1.165) is 21.1 Å². The molecule has 3 nitrogen and oxygen atoms in total. The van der Waals surface area contributed by atoms with E-state index in [1.165, 1.54) is 0 Å². The van der Waals surface area contributed by atoms with Gasteiger partial charge in [0, 0.05) is 10.1 Å². The molecule has 0 aliphatic carbocycles. The number of aromatic nitrogens is 2. The van der Waals surface area contributed by atoms with Gasteiger partial charge in [-0.05, 0) is 41.6 Å². The Hall–Kier alpha value is -0.330. The summed E-state index contributed by atoms with van der Waals surface area (Å²) in [5.41, 5.74) is 1.49. The zero-order valence-electron chi connectivity index (χ0n) is 8.39. The Labute approximate surface area is 117 Å². The van der Waals surface area contributed by atoms with E-state index in [1.54, 1.807) is 6.07 Å². The van der Waals surface area contributed by atoms with Gasteiger partial charge in [0.05, 0.1) is 16.1 Å². The highest BCUT2D eigenvalue weighted by Crippen LogP contribution is 2.26. The largest absolute Gasteiger partial charge is 0.368 e. The molecule has 0 aliphatic heterocycles. The minimum absolute atomic E-state index is 0.382. The lowest BCUT2D eigenvalue weighted by molar-refractivity contribution is 1.15. The molecule has 0 bridgehead atoms. The van der Waals surface area contributed by atoms with Crippen molar-refractivity contribution < 1.29 is 0 Å². The van der Waals surface area contributed by atoms with Crippen LogP contribution in [0.1, 0.15) is 6.92 Å². The van der Waals surface area contributed by atoms with E-state index in [2.05, 4.69) is 37.9 Å². The Balaban J connectivity index is 2.65. The van der Waals surface area contributed by atoms with Gasteiger partial charge in [-0.3, -0.25) is 0 Å². The zero-order valence-corrected chi connectivity index (χ0v) is 12.1. The van der Waals surface area contributed by atoms with E-state index in [4.69, 9.17) is 23.2 Å². The highest BCUT2D eigenvalue weighted by Gasteiger charge is 2.08. The number of nitrogens with zero attached hydrogens (tertiary/aromatic N) is 2. The molecule has 6 heteroatoms. The fourth-order valence-corrected chi connectivity index (χ4v) is 2.12. The second-order valence-corrected chi connectivity index (χ2v) is 5.08. The van der Waals surface area contributed by atoms with E-state index in [9.17, 15) is 0 Å². The minimum atomic E-state index is 0.382. The normalized spacial score (nSPS) is 10.8. The first-order valence-electron chi connectivity index (χ1n) is 4.68. The number of hydrogen-bond donors (Lipinski definition) is 1. The maximum atomic E-state index is 6.03. The highest BCUT2D eigenvalue weighted by molar-refractivity contribution is 14.1. The second kappa shape index (κ2) is 4.89. The Kier molecular flexibility index (Phi) is 3.71. The molecule has 16 heavy (non-hydrogen) atoms. The van der Waals surface area contributed by atoms with Gasteiger partial charge in [-0.25, -0.2) is 9.97 Å². The monoisotopic (exact) mass is 367 g/mol. The molecule has 1 N–H and O–H groups in total. The molecule has 1 aromatic heterocycles. The average Bonchev–Trinajstić information content (AvgIpc) is 2.23. The maximum Gasteiger partial charge on any atom is 0.172 e. The van der Waals surface area contributed by atoms with Gasteiger partial charge in [-0.2, -0.15) is 0 Å². The maximum absolute atomic E-state index is 6.03. The predicted molar refractivity (Wildman–Crippen MR) is 76.4 cm³/mol. The molecule has 0 saturated heterocycles. The molecule has 1 heterocycles. The van der Waals surface area contributed by atoms with Gasteiger partial charge < -0.3 is 5.32 Å². The molecule has 0 aliphatic rings. The number of rotatable bonds is 2. The Morgan fingerprint density at radius 3 is 2.62 bits per heavy atom. The molecule has 0 unspecified atom stereocenters. The van der Waals surface area contributed by atoms with Crippen LogP contribution < -0.4 is 5.32 Å². The minimum Gasteiger partial charge on any atom is -0.368 e. The quantitative estimate of drug-likeness (QED) is 0.816. The first-order chi connectivity index (χ1) is 7.61. The van der Waals surface area contributed by atoms with Gasteiger partial charge in [0.1, 0.15) is 0 Å². The highest BCUT2D eigenvalue weighted by atomic mass is 127.